The molecule has 0 unspecified atom stereocenters. The molecule has 0 spiro atoms. The summed E-state index contributed by atoms with van der Waals surface area (Å²) in [4.78, 5) is 11.5. The number of carbonyl (C=O) groups is 1. The van der Waals surface area contributed by atoms with Gasteiger partial charge in [-0.1, -0.05) is 12.1 Å². The van der Waals surface area contributed by atoms with Gasteiger partial charge < -0.3 is 16.2 Å². The number of rotatable bonds is 5. The van der Waals surface area contributed by atoms with Gasteiger partial charge in [-0.3, -0.25) is 4.79 Å². The van der Waals surface area contributed by atoms with Crippen LogP contribution >= 0.6 is 0 Å². The molecule has 1 rings (SSSR count). The molecule has 0 saturated carbocycles. The zero-order valence-electron chi connectivity index (χ0n) is 9.39. The molecule has 1 atom stereocenters. The second-order valence-electron chi connectivity index (χ2n) is 3.68. The van der Waals surface area contributed by atoms with Crippen molar-refractivity contribution in [3.05, 3.63) is 29.8 Å². The van der Waals surface area contributed by atoms with Crippen LogP contribution in [0.25, 0.3) is 0 Å². The summed E-state index contributed by atoms with van der Waals surface area (Å²) in [6.45, 7) is 0.318. The Bertz CT molecular complexity index is 409. The first-order valence-corrected chi connectivity index (χ1v) is 5.31. The number of amides is 1. The van der Waals surface area contributed by atoms with E-state index in [4.69, 9.17) is 16.1 Å². The van der Waals surface area contributed by atoms with Gasteiger partial charge in [-0.15, -0.1) is 0 Å². The molecule has 0 aliphatic rings. The lowest BCUT2D eigenvalue weighted by molar-refractivity contribution is -0.122. The first-order valence-electron chi connectivity index (χ1n) is 5.31. The minimum Gasteiger partial charge on any atom is -0.508 e. The van der Waals surface area contributed by atoms with E-state index in [0.29, 0.717) is 13.0 Å². The van der Waals surface area contributed by atoms with Gasteiger partial charge in [0, 0.05) is 6.54 Å². The fourth-order valence-electron chi connectivity index (χ4n) is 1.35. The average molecular weight is 233 g/mol. The lowest BCUT2D eigenvalue weighted by Gasteiger charge is -2.11. The molecule has 1 amide bonds. The average Bonchev–Trinajstić information content (AvgIpc) is 2.32. The van der Waals surface area contributed by atoms with Crippen LogP contribution in [0, 0.1) is 11.3 Å². The summed E-state index contributed by atoms with van der Waals surface area (Å²) in [7, 11) is 0. The fraction of sp³-hybridized carbons (Fsp3) is 0.333. The summed E-state index contributed by atoms with van der Waals surface area (Å²) in [5.41, 5.74) is 6.59. The molecule has 0 aliphatic heterocycles. The van der Waals surface area contributed by atoms with Crippen molar-refractivity contribution >= 4 is 5.91 Å². The number of benzene rings is 1. The van der Waals surface area contributed by atoms with Crippen LogP contribution in [0.3, 0.4) is 0 Å². The predicted molar refractivity (Wildman–Crippen MR) is 63.0 cm³/mol. The van der Waals surface area contributed by atoms with Crippen LogP contribution in [0.4, 0.5) is 0 Å². The number of hydrogen-bond donors (Lipinski definition) is 3. The summed E-state index contributed by atoms with van der Waals surface area (Å²) in [6, 6.07) is 7.84. The van der Waals surface area contributed by atoms with Crippen LogP contribution in [0.1, 0.15) is 12.0 Å². The van der Waals surface area contributed by atoms with Gasteiger partial charge in [0.25, 0.3) is 0 Å². The number of nitrogens with zero attached hydrogens (tertiary/aromatic N) is 1. The Kier molecular flexibility index (Phi) is 4.98. The van der Waals surface area contributed by atoms with Crippen molar-refractivity contribution < 1.29 is 9.90 Å². The van der Waals surface area contributed by atoms with Crippen molar-refractivity contribution in [2.45, 2.75) is 18.9 Å². The molecule has 17 heavy (non-hydrogen) atoms. The van der Waals surface area contributed by atoms with Gasteiger partial charge in [0.05, 0.1) is 18.5 Å². The molecule has 1 aromatic rings. The Labute approximate surface area is 99.9 Å². The molecule has 1 aromatic carbocycles. The van der Waals surface area contributed by atoms with Crippen molar-refractivity contribution in [3.63, 3.8) is 0 Å². The molecule has 0 aliphatic carbocycles. The van der Waals surface area contributed by atoms with Crippen LogP contribution in [0.15, 0.2) is 24.3 Å². The molecule has 0 radical (unpaired) electrons. The lowest BCUT2D eigenvalue weighted by atomic mass is 10.1. The number of phenols is 1. The topological polar surface area (TPSA) is 99.1 Å². The highest BCUT2D eigenvalue weighted by atomic mass is 16.3. The van der Waals surface area contributed by atoms with E-state index < -0.39 is 6.04 Å². The second-order valence-corrected chi connectivity index (χ2v) is 3.68. The molecular formula is C12H15N3O2. The van der Waals surface area contributed by atoms with E-state index in [2.05, 4.69) is 5.32 Å². The molecule has 5 nitrogen and oxygen atoms in total. The quantitative estimate of drug-likeness (QED) is 0.636. The fourth-order valence-corrected chi connectivity index (χ4v) is 1.35. The number of nitriles is 1. The zero-order valence-corrected chi connectivity index (χ0v) is 9.39. The van der Waals surface area contributed by atoms with Crippen molar-refractivity contribution in [2.24, 2.45) is 5.73 Å². The van der Waals surface area contributed by atoms with Crippen molar-refractivity contribution in [1.29, 1.82) is 5.26 Å². The SMILES string of the molecule is N#CCCNC(=O)[C@H](N)Cc1ccc(O)cc1. The highest BCUT2D eigenvalue weighted by Gasteiger charge is 2.13. The van der Waals surface area contributed by atoms with E-state index in [1.807, 2.05) is 6.07 Å². The van der Waals surface area contributed by atoms with Crippen molar-refractivity contribution in [1.82, 2.24) is 5.32 Å². The number of nitrogens with two attached hydrogens (primary N) is 1. The molecule has 0 fully saturated rings. The Morgan fingerprint density at radius 2 is 2.12 bits per heavy atom. The van der Waals surface area contributed by atoms with Crippen LogP contribution in [-0.4, -0.2) is 23.6 Å². The van der Waals surface area contributed by atoms with E-state index in [-0.39, 0.29) is 18.1 Å². The minimum atomic E-state index is -0.641. The summed E-state index contributed by atoms with van der Waals surface area (Å²) in [5, 5.41) is 20.0. The normalized spacial score (nSPS) is 11.5. The highest BCUT2D eigenvalue weighted by Crippen LogP contribution is 2.10. The van der Waals surface area contributed by atoms with Crippen molar-refractivity contribution in [3.8, 4) is 11.8 Å². The summed E-state index contributed by atoms with van der Waals surface area (Å²) in [5.74, 6) is -0.0888. The molecule has 5 heteroatoms. The van der Waals surface area contributed by atoms with Crippen LogP contribution in [0.2, 0.25) is 0 Å². The van der Waals surface area contributed by atoms with Gasteiger partial charge >= 0.3 is 0 Å². The summed E-state index contributed by atoms with van der Waals surface area (Å²) >= 11 is 0. The molecular weight excluding hydrogens is 218 g/mol. The molecule has 90 valence electrons. The largest absolute Gasteiger partial charge is 0.508 e. The molecule has 0 saturated heterocycles. The van der Waals surface area contributed by atoms with E-state index in [1.54, 1.807) is 24.3 Å². The Hall–Kier alpha value is -2.06. The minimum absolute atomic E-state index is 0.181. The first-order chi connectivity index (χ1) is 8.13. The monoisotopic (exact) mass is 233 g/mol. The van der Waals surface area contributed by atoms with E-state index in [1.165, 1.54) is 0 Å². The van der Waals surface area contributed by atoms with E-state index >= 15 is 0 Å². The second kappa shape index (κ2) is 6.51. The summed E-state index contributed by atoms with van der Waals surface area (Å²) in [6.07, 6.45) is 0.677. The van der Waals surface area contributed by atoms with Crippen molar-refractivity contribution in [2.75, 3.05) is 6.54 Å². The lowest BCUT2D eigenvalue weighted by Crippen LogP contribution is -2.42. The van der Waals surface area contributed by atoms with Gasteiger partial charge in [-0.25, -0.2) is 0 Å². The highest BCUT2D eigenvalue weighted by molar-refractivity contribution is 5.81. The Balaban J connectivity index is 2.43. The molecule has 0 aromatic heterocycles. The predicted octanol–water partition coefficient (Wildman–Crippen LogP) is 0.292. The van der Waals surface area contributed by atoms with Gasteiger partial charge in [-0.05, 0) is 24.1 Å². The number of phenolic OH excluding ortho intramolecular Hbond substituents is 1. The number of aromatic hydroxyl groups is 1. The standard InChI is InChI=1S/C12H15N3O2/c13-6-1-7-15-12(17)11(14)8-9-2-4-10(16)5-3-9/h2-5,11,16H,1,7-8,14H2,(H,15,17)/t11-/m1/s1. The number of carbonyl (C=O) groups excluding carboxylic acids is 1. The Morgan fingerprint density at radius 3 is 2.71 bits per heavy atom. The number of nitrogens with one attached hydrogen (secondary N) is 1. The van der Waals surface area contributed by atoms with E-state index in [9.17, 15) is 4.79 Å². The van der Waals surface area contributed by atoms with Crippen LogP contribution < -0.4 is 11.1 Å². The third-order valence-corrected chi connectivity index (χ3v) is 2.26. The maximum atomic E-state index is 11.5. The van der Waals surface area contributed by atoms with Crippen LogP contribution in [-0.2, 0) is 11.2 Å². The van der Waals surface area contributed by atoms with E-state index in [0.717, 1.165) is 5.56 Å². The zero-order chi connectivity index (χ0) is 12.7. The molecule has 0 bridgehead atoms. The first kappa shape index (κ1) is 13.0. The maximum absolute atomic E-state index is 11.5. The third kappa shape index (κ3) is 4.53. The summed E-state index contributed by atoms with van der Waals surface area (Å²) < 4.78 is 0. The van der Waals surface area contributed by atoms with Gasteiger partial charge in [0.2, 0.25) is 5.91 Å². The van der Waals surface area contributed by atoms with Crippen LogP contribution in [0.5, 0.6) is 5.75 Å². The van der Waals surface area contributed by atoms with Gasteiger partial charge in [-0.2, -0.15) is 5.26 Å². The third-order valence-electron chi connectivity index (χ3n) is 2.26. The number of hydrogen-bond acceptors (Lipinski definition) is 4. The Morgan fingerprint density at radius 1 is 1.47 bits per heavy atom. The maximum Gasteiger partial charge on any atom is 0.237 e. The molecule has 4 N–H and O–H groups in total. The van der Waals surface area contributed by atoms with Gasteiger partial charge in [0.15, 0.2) is 0 Å². The smallest absolute Gasteiger partial charge is 0.237 e. The molecule has 0 heterocycles. The van der Waals surface area contributed by atoms with Gasteiger partial charge in [0.1, 0.15) is 5.75 Å².